The smallest absolute Gasteiger partial charge is 0.271 e. The molecule has 0 bridgehead atoms. The normalized spacial score (nSPS) is 21.0. The summed E-state index contributed by atoms with van der Waals surface area (Å²) in [6.07, 6.45) is 5.49. The van der Waals surface area contributed by atoms with Gasteiger partial charge >= 0.3 is 0 Å². The van der Waals surface area contributed by atoms with Gasteiger partial charge in [0.15, 0.2) is 0 Å². The van der Waals surface area contributed by atoms with Crippen LogP contribution in [0.3, 0.4) is 0 Å². The lowest BCUT2D eigenvalue weighted by atomic mass is 9.95. The Hall–Kier alpha value is -1.85. The van der Waals surface area contributed by atoms with Crippen molar-refractivity contribution in [3.63, 3.8) is 0 Å². The van der Waals surface area contributed by atoms with Crippen LogP contribution in [-0.4, -0.2) is 45.4 Å². The van der Waals surface area contributed by atoms with Crippen molar-refractivity contribution < 1.29 is 9.59 Å². The molecule has 22 heavy (non-hydrogen) atoms. The number of hydrogen-bond acceptors (Lipinski definition) is 3. The third-order valence-corrected chi connectivity index (χ3v) is 4.49. The van der Waals surface area contributed by atoms with Crippen molar-refractivity contribution in [2.75, 3.05) is 13.1 Å². The maximum Gasteiger partial charge on any atom is 0.271 e. The first kappa shape index (κ1) is 15.1. The van der Waals surface area contributed by atoms with Crippen LogP contribution in [0.25, 0.3) is 0 Å². The summed E-state index contributed by atoms with van der Waals surface area (Å²) in [4.78, 5) is 30.9. The van der Waals surface area contributed by atoms with Crippen molar-refractivity contribution in [2.45, 2.75) is 52.1 Å². The lowest BCUT2D eigenvalue weighted by Gasteiger charge is -2.27. The van der Waals surface area contributed by atoms with E-state index in [4.69, 9.17) is 0 Å². The second kappa shape index (κ2) is 6.10. The zero-order chi connectivity index (χ0) is 15.7. The molecule has 2 amide bonds. The number of carbonyl (C=O) groups is 2. The number of amides is 2. The van der Waals surface area contributed by atoms with Crippen LogP contribution in [0.2, 0.25) is 0 Å². The van der Waals surface area contributed by atoms with Gasteiger partial charge in [0.1, 0.15) is 5.69 Å². The number of nitrogens with one attached hydrogen (secondary N) is 1. The van der Waals surface area contributed by atoms with Gasteiger partial charge in [-0.25, -0.2) is 4.98 Å². The van der Waals surface area contributed by atoms with Gasteiger partial charge in [0.25, 0.3) is 5.91 Å². The molecule has 0 aliphatic carbocycles. The van der Waals surface area contributed by atoms with Crippen molar-refractivity contribution in [1.29, 1.82) is 0 Å². The van der Waals surface area contributed by atoms with E-state index in [1.54, 1.807) is 6.33 Å². The molecule has 1 aromatic heterocycles. The third kappa shape index (κ3) is 2.87. The number of nitrogens with zero attached hydrogens (tertiary/aromatic N) is 3. The molecule has 1 fully saturated rings. The van der Waals surface area contributed by atoms with Gasteiger partial charge in [-0.15, -0.1) is 0 Å². The summed E-state index contributed by atoms with van der Waals surface area (Å²) in [6, 6.07) is 0.0953. The summed E-state index contributed by atoms with van der Waals surface area (Å²) in [5, 5.41) is 2.88. The number of imidazole rings is 1. The van der Waals surface area contributed by atoms with E-state index < -0.39 is 0 Å². The SMILES string of the molecule is CC(C)NC(=O)c1ncn2c1CCC(C(=O)N1CCCC1)C2. The third-order valence-electron chi connectivity index (χ3n) is 4.49. The maximum absolute atomic E-state index is 12.5. The minimum absolute atomic E-state index is 0.0285. The Morgan fingerprint density at radius 2 is 2.05 bits per heavy atom. The number of hydrogen-bond donors (Lipinski definition) is 1. The molecular formula is C16H24N4O2. The number of aromatic nitrogens is 2. The molecule has 0 radical (unpaired) electrons. The topological polar surface area (TPSA) is 67.2 Å². The van der Waals surface area contributed by atoms with Crippen molar-refractivity contribution >= 4 is 11.8 Å². The molecule has 6 nitrogen and oxygen atoms in total. The molecule has 0 spiro atoms. The summed E-state index contributed by atoms with van der Waals surface area (Å²) in [5.41, 5.74) is 1.48. The average Bonchev–Trinajstić information content (AvgIpc) is 3.14. The Morgan fingerprint density at radius 1 is 1.32 bits per heavy atom. The Kier molecular flexibility index (Phi) is 4.18. The quantitative estimate of drug-likeness (QED) is 0.912. The minimum atomic E-state index is -0.118. The van der Waals surface area contributed by atoms with Crippen molar-refractivity contribution in [3.8, 4) is 0 Å². The summed E-state index contributed by atoms with van der Waals surface area (Å²) < 4.78 is 1.98. The van der Waals surface area contributed by atoms with Crippen molar-refractivity contribution in [2.24, 2.45) is 5.92 Å². The Balaban J connectivity index is 1.70. The fraction of sp³-hybridized carbons (Fsp3) is 0.688. The van der Waals surface area contributed by atoms with E-state index >= 15 is 0 Å². The molecule has 120 valence electrons. The van der Waals surface area contributed by atoms with E-state index in [1.165, 1.54) is 0 Å². The average molecular weight is 304 g/mol. The number of rotatable bonds is 3. The maximum atomic E-state index is 12.5. The van der Waals surface area contributed by atoms with Crippen LogP contribution in [0.15, 0.2) is 6.33 Å². The van der Waals surface area contributed by atoms with E-state index in [0.29, 0.717) is 12.2 Å². The van der Waals surface area contributed by atoms with Crippen LogP contribution in [0.4, 0.5) is 0 Å². The molecule has 0 saturated carbocycles. The Morgan fingerprint density at radius 3 is 2.73 bits per heavy atom. The zero-order valence-corrected chi connectivity index (χ0v) is 13.3. The van der Waals surface area contributed by atoms with Crippen LogP contribution in [0.1, 0.15) is 49.3 Å². The first-order valence-electron chi connectivity index (χ1n) is 8.20. The molecule has 3 heterocycles. The number of fused-ring (bicyclic) bond motifs is 1. The van der Waals surface area contributed by atoms with Crippen LogP contribution < -0.4 is 5.32 Å². The molecule has 1 N–H and O–H groups in total. The molecular weight excluding hydrogens is 280 g/mol. The van der Waals surface area contributed by atoms with Crippen LogP contribution in [-0.2, 0) is 17.8 Å². The second-order valence-corrected chi connectivity index (χ2v) is 6.59. The van der Waals surface area contributed by atoms with Gasteiger partial charge in [-0.05, 0) is 39.5 Å². The predicted molar refractivity (Wildman–Crippen MR) is 82.5 cm³/mol. The molecule has 1 aromatic rings. The molecule has 2 aliphatic heterocycles. The second-order valence-electron chi connectivity index (χ2n) is 6.59. The highest BCUT2D eigenvalue weighted by atomic mass is 16.2. The Labute approximate surface area is 130 Å². The van der Waals surface area contributed by atoms with E-state index in [9.17, 15) is 9.59 Å². The number of carbonyl (C=O) groups excluding carboxylic acids is 2. The van der Waals surface area contributed by atoms with Gasteiger partial charge in [-0.1, -0.05) is 0 Å². The summed E-state index contributed by atoms with van der Waals surface area (Å²) in [7, 11) is 0. The van der Waals surface area contributed by atoms with Gasteiger partial charge in [0, 0.05) is 25.7 Å². The van der Waals surface area contributed by atoms with Crippen molar-refractivity contribution in [3.05, 3.63) is 17.7 Å². The largest absolute Gasteiger partial charge is 0.348 e. The van der Waals surface area contributed by atoms with Gasteiger partial charge in [-0.3, -0.25) is 9.59 Å². The van der Waals surface area contributed by atoms with Crippen LogP contribution in [0.5, 0.6) is 0 Å². The zero-order valence-electron chi connectivity index (χ0n) is 13.3. The van der Waals surface area contributed by atoms with E-state index in [1.807, 2.05) is 23.3 Å². The first-order chi connectivity index (χ1) is 10.6. The summed E-state index contributed by atoms with van der Waals surface area (Å²) in [6.45, 7) is 6.31. The van der Waals surface area contributed by atoms with E-state index in [2.05, 4.69) is 10.3 Å². The van der Waals surface area contributed by atoms with Crippen LogP contribution in [0, 0.1) is 5.92 Å². The fourth-order valence-electron chi connectivity index (χ4n) is 3.38. The lowest BCUT2D eigenvalue weighted by Crippen LogP contribution is -2.38. The lowest BCUT2D eigenvalue weighted by molar-refractivity contribution is -0.135. The standard InChI is InChI=1S/C16H24N4O2/c1-11(2)18-15(21)14-13-6-5-12(9-20(13)10-17-14)16(22)19-7-3-4-8-19/h10-12H,3-9H2,1-2H3,(H,18,21). The minimum Gasteiger partial charge on any atom is -0.348 e. The first-order valence-corrected chi connectivity index (χ1v) is 8.20. The highest BCUT2D eigenvalue weighted by Gasteiger charge is 2.32. The van der Waals surface area contributed by atoms with E-state index in [0.717, 1.165) is 44.5 Å². The fourth-order valence-corrected chi connectivity index (χ4v) is 3.38. The van der Waals surface area contributed by atoms with Crippen molar-refractivity contribution in [1.82, 2.24) is 19.8 Å². The molecule has 1 atom stereocenters. The van der Waals surface area contributed by atoms with Gasteiger partial charge in [0.2, 0.25) is 5.91 Å². The predicted octanol–water partition coefficient (Wildman–Crippen LogP) is 1.21. The summed E-state index contributed by atoms with van der Waals surface area (Å²) in [5.74, 6) is 0.180. The van der Waals surface area contributed by atoms with E-state index in [-0.39, 0.29) is 23.8 Å². The van der Waals surface area contributed by atoms with Crippen LogP contribution >= 0.6 is 0 Å². The molecule has 6 heteroatoms. The number of likely N-dealkylation sites (tertiary alicyclic amines) is 1. The molecule has 3 rings (SSSR count). The van der Waals surface area contributed by atoms with Gasteiger partial charge < -0.3 is 14.8 Å². The molecule has 2 aliphatic rings. The van der Waals surface area contributed by atoms with Gasteiger partial charge in [-0.2, -0.15) is 0 Å². The summed E-state index contributed by atoms with van der Waals surface area (Å²) >= 11 is 0. The Bertz CT molecular complexity index is 573. The highest BCUT2D eigenvalue weighted by Crippen LogP contribution is 2.25. The highest BCUT2D eigenvalue weighted by molar-refractivity contribution is 5.93. The molecule has 0 aromatic carbocycles. The molecule has 1 unspecified atom stereocenters. The monoisotopic (exact) mass is 304 g/mol. The van der Waals surface area contributed by atoms with Gasteiger partial charge in [0.05, 0.1) is 17.9 Å². The molecule has 1 saturated heterocycles.